The van der Waals surface area contributed by atoms with Gasteiger partial charge in [0.05, 0.1) is 36.9 Å². The van der Waals surface area contributed by atoms with E-state index in [1.807, 2.05) is 0 Å². The number of amides is 1. The van der Waals surface area contributed by atoms with Crippen molar-refractivity contribution < 1.29 is 18.7 Å². The average molecular weight is 411 g/mol. The zero-order chi connectivity index (χ0) is 21.1. The first-order chi connectivity index (χ1) is 14.6. The number of nitrogens with zero attached hydrogens (tertiary/aromatic N) is 4. The lowest BCUT2D eigenvalue weighted by atomic mass is 10.1. The molecule has 1 amide bonds. The molecule has 0 spiro atoms. The van der Waals surface area contributed by atoms with Gasteiger partial charge in [-0.15, -0.1) is 0 Å². The molecular weight excluding hydrogens is 389 g/mol. The Bertz CT molecular complexity index is 1060. The standard InChI is InChI=1S/C21H22FN5O3/c1-29-10-9-23-20(28)15-12-25-27(19(15)13-3-4-13)21-24-8-7-17(26-21)14-5-6-18(30-2)16(22)11-14/h5-8,11-13H,3-4,9-10H2,1-2H3,(H,23,28). The van der Waals surface area contributed by atoms with Crippen molar-refractivity contribution in [3.63, 3.8) is 0 Å². The number of hydrogen-bond donors (Lipinski definition) is 1. The Labute approximate surface area is 173 Å². The summed E-state index contributed by atoms with van der Waals surface area (Å²) >= 11 is 0. The number of carbonyl (C=O) groups is 1. The van der Waals surface area contributed by atoms with Crippen LogP contribution in [-0.4, -0.2) is 53.0 Å². The third kappa shape index (κ3) is 4.02. The highest BCUT2D eigenvalue weighted by Gasteiger charge is 2.33. The molecule has 0 saturated heterocycles. The van der Waals surface area contributed by atoms with Crippen LogP contribution in [0.4, 0.5) is 4.39 Å². The lowest BCUT2D eigenvalue weighted by Gasteiger charge is -2.10. The minimum absolute atomic E-state index is 0.167. The third-order valence-corrected chi connectivity index (χ3v) is 4.89. The molecule has 1 aromatic carbocycles. The summed E-state index contributed by atoms with van der Waals surface area (Å²) in [6, 6.07) is 6.35. The van der Waals surface area contributed by atoms with Crippen molar-refractivity contribution >= 4 is 5.91 Å². The van der Waals surface area contributed by atoms with E-state index in [9.17, 15) is 9.18 Å². The third-order valence-electron chi connectivity index (χ3n) is 4.89. The summed E-state index contributed by atoms with van der Waals surface area (Å²) in [5.74, 6) is 0.0692. The molecule has 2 aromatic heterocycles. The molecule has 0 radical (unpaired) electrons. The molecule has 2 heterocycles. The second kappa shape index (κ2) is 8.58. The molecule has 1 fully saturated rings. The van der Waals surface area contributed by atoms with Crippen LogP contribution in [0.1, 0.15) is 34.8 Å². The van der Waals surface area contributed by atoms with E-state index in [1.54, 1.807) is 42.4 Å². The highest BCUT2D eigenvalue weighted by Crippen LogP contribution is 2.42. The largest absolute Gasteiger partial charge is 0.494 e. The summed E-state index contributed by atoms with van der Waals surface area (Å²) in [5.41, 5.74) is 2.44. The van der Waals surface area contributed by atoms with Gasteiger partial charge in [0.15, 0.2) is 11.6 Å². The lowest BCUT2D eigenvalue weighted by Crippen LogP contribution is -2.27. The Morgan fingerprint density at radius 1 is 1.30 bits per heavy atom. The van der Waals surface area contributed by atoms with Crippen LogP contribution in [0.5, 0.6) is 5.75 Å². The van der Waals surface area contributed by atoms with Crippen LogP contribution >= 0.6 is 0 Å². The van der Waals surface area contributed by atoms with Crippen molar-refractivity contribution in [1.29, 1.82) is 0 Å². The summed E-state index contributed by atoms with van der Waals surface area (Å²) in [7, 11) is 3.00. The first-order valence-corrected chi connectivity index (χ1v) is 9.64. The van der Waals surface area contributed by atoms with Crippen molar-refractivity contribution in [3.05, 3.63) is 53.7 Å². The zero-order valence-corrected chi connectivity index (χ0v) is 16.8. The molecule has 9 heteroatoms. The van der Waals surface area contributed by atoms with Gasteiger partial charge in [-0.1, -0.05) is 0 Å². The number of benzene rings is 1. The van der Waals surface area contributed by atoms with E-state index < -0.39 is 5.82 Å². The van der Waals surface area contributed by atoms with Crippen LogP contribution in [0.15, 0.2) is 36.7 Å². The Hall–Kier alpha value is -3.33. The maximum absolute atomic E-state index is 14.1. The van der Waals surface area contributed by atoms with Crippen molar-refractivity contribution in [2.24, 2.45) is 0 Å². The zero-order valence-electron chi connectivity index (χ0n) is 16.8. The molecule has 1 N–H and O–H groups in total. The van der Waals surface area contributed by atoms with Gasteiger partial charge in [-0.05, 0) is 37.1 Å². The maximum Gasteiger partial charge on any atom is 0.254 e. The number of aromatic nitrogens is 4. The molecule has 3 aromatic rings. The van der Waals surface area contributed by atoms with Crippen LogP contribution in [-0.2, 0) is 4.74 Å². The number of carbonyl (C=O) groups excluding carboxylic acids is 1. The summed E-state index contributed by atoms with van der Waals surface area (Å²) in [4.78, 5) is 21.5. The lowest BCUT2D eigenvalue weighted by molar-refractivity contribution is 0.0936. The number of hydrogen-bond acceptors (Lipinski definition) is 6. The van der Waals surface area contributed by atoms with Gasteiger partial charge in [0, 0.05) is 31.3 Å². The Morgan fingerprint density at radius 3 is 2.83 bits per heavy atom. The topological polar surface area (TPSA) is 91.2 Å². The minimum Gasteiger partial charge on any atom is -0.494 e. The Balaban J connectivity index is 1.67. The van der Waals surface area contributed by atoms with Crippen LogP contribution in [0.2, 0.25) is 0 Å². The quantitative estimate of drug-likeness (QED) is 0.573. The molecule has 0 bridgehead atoms. The predicted octanol–water partition coefficient (Wildman–Crippen LogP) is 2.73. The van der Waals surface area contributed by atoms with Crippen molar-refractivity contribution in [2.45, 2.75) is 18.8 Å². The van der Waals surface area contributed by atoms with E-state index in [2.05, 4.69) is 20.4 Å². The van der Waals surface area contributed by atoms with E-state index in [0.717, 1.165) is 18.5 Å². The number of rotatable bonds is 8. The van der Waals surface area contributed by atoms with E-state index in [4.69, 9.17) is 9.47 Å². The number of nitrogens with one attached hydrogen (secondary N) is 1. The van der Waals surface area contributed by atoms with Crippen molar-refractivity contribution in [2.75, 3.05) is 27.4 Å². The smallest absolute Gasteiger partial charge is 0.254 e. The minimum atomic E-state index is -0.470. The van der Waals surface area contributed by atoms with Gasteiger partial charge in [-0.25, -0.2) is 19.0 Å². The fourth-order valence-corrected chi connectivity index (χ4v) is 3.24. The van der Waals surface area contributed by atoms with Crippen molar-refractivity contribution in [1.82, 2.24) is 25.1 Å². The highest BCUT2D eigenvalue weighted by atomic mass is 19.1. The molecule has 8 nitrogen and oxygen atoms in total. The first kappa shape index (κ1) is 20.0. The summed E-state index contributed by atoms with van der Waals surface area (Å²) in [6.45, 7) is 0.849. The predicted molar refractivity (Wildman–Crippen MR) is 107 cm³/mol. The molecule has 4 rings (SSSR count). The second-order valence-corrected chi connectivity index (χ2v) is 6.97. The Morgan fingerprint density at radius 2 is 2.13 bits per heavy atom. The van der Waals surface area contributed by atoms with Gasteiger partial charge in [-0.3, -0.25) is 4.79 Å². The second-order valence-electron chi connectivity index (χ2n) is 6.97. The number of methoxy groups -OCH3 is 2. The number of ether oxygens (including phenoxy) is 2. The molecule has 1 saturated carbocycles. The van der Waals surface area contributed by atoms with E-state index in [1.165, 1.54) is 13.2 Å². The number of halogens is 1. The molecule has 156 valence electrons. The molecular formula is C21H22FN5O3. The van der Waals surface area contributed by atoms with Crippen LogP contribution in [0.25, 0.3) is 17.2 Å². The van der Waals surface area contributed by atoms with Gasteiger partial charge in [0.2, 0.25) is 0 Å². The molecule has 0 aliphatic heterocycles. The SMILES string of the molecule is COCCNC(=O)c1cnn(-c2nccc(-c3ccc(OC)c(F)c3)n2)c1C1CC1. The van der Waals surface area contributed by atoms with E-state index in [0.29, 0.717) is 35.9 Å². The van der Waals surface area contributed by atoms with Gasteiger partial charge >= 0.3 is 0 Å². The molecule has 30 heavy (non-hydrogen) atoms. The summed E-state index contributed by atoms with van der Waals surface area (Å²) in [6.07, 6.45) is 5.09. The monoisotopic (exact) mass is 411 g/mol. The molecule has 0 atom stereocenters. The summed E-state index contributed by atoms with van der Waals surface area (Å²) in [5, 5.41) is 7.21. The van der Waals surface area contributed by atoms with Gasteiger partial charge in [0.1, 0.15) is 0 Å². The highest BCUT2D eigenvalue weighted by molar-refractivity contribution is 5.95. The molecule has 1 aliphatic rings. The normalized spacial score (nSPS) is 13.3. The van der Waals surface area contributed by atoms with Crippen LogP contribution in [0, 0.1) is 5.82 Å². The fraction of sp³-hybridized carbons (Fsp3) is 0.333. The molecule has 0 unspecified atom stereocenters. The van der Waals surface area contributed by atoms with Crippen LogP contribution < -0.4 is 10.1 Å². The summed E-state index contributed by atoms with van der Waals surface area (Å²) < 4.78 is 25.7. The van der Waals surface area contributed by atoms with Gasteiger partial charge in [-0.2, -0.15) is 5.10 Å². The van der Waals surface area contributed by atoms with Crippen LogP contribution in [0.3, 0.4) is 0 Å². The van der Waals surface area contributed by atoms with Crippen molar-refractivity contribution in [3.8, 4) is 23.0 Å². The Kier molecular flexibility index (Phi) is 5.71. The molecule has 1 aliphatic carbocycles. The average Bonchev–Trinajstić information content (AvgIpc) is 3.51. The van der Waals surface area contributed by atoms with Gasteiger partial charge < -0.3 is 14.8 Å². The van der Waals surface area contributed by atoms with E-state index >= 15 is 0 Å². The van der Waals surface area contributed by atoms with Gasteiger partial charge in [0.25, 0.3) is 11.9 Å². The maximum atomic E-state index is 14.1. The first-order valence-electron chi connectivity index (χ1n) is 9.64. The van der Waals surface area contributed by atoms with E-state index in [-0.39, 0.29) is 17.6 Å². The fourth-order valence-electron chi connectivity index (χ4n) is 3.24.